The Morgan fingerprint density at radius 1 is 1.12 bits per heavy atom. The third-order valence-electron chi connectivity index (χ3n) is 5.79. The molecule has 0 aliphatic carbocycles. The summed E-state index contributed by atoms with van der Waals surface area (Å²) in [7, 11) is 1.41. The normalized spacial score (nSPS) is 18.8. The zero-order valence-electron chi connectivity index (χ0n) is 19.1. The number of ether oxygens (including phenoxy) is 2. The van der Waals surface area contributed by atoms with E-state index in [0.29, 0.717) is 13.0 Å². The molecule has 1 fully saturated rings. The highest BCUT2D eigenvalue weighted by Crippen LogP contribution is 2.22. The van der Waals surface area contributed by atoms with E-state index in [-0.39, 0.29) is 43.9 Å². The van der Waals surface area contributed by atoms with E-state index < -0.39 is 23.9 Å². The van der Waals surface area contributed by atoms with Gasteiger partial charge in [-0.05, 0) is 29.7 Å². The first-order valence-electron chi connectivity index (χ1n) is 11.2. The van der Waals surface area contributed by atoms with Gasteiger partial charge >= 0.3 is 0 Å². The highest BCUT2D eigenvalue weighted by Gasteiger charge is 2.37. The molecule has 1 aliphatic heterocycles. The third kappa shape index (κ3) is 7.10. The number of carbonyl (C=O) groups excluding carboxylic acids is 3. The van der Waals surface area contributed by atoms with E-state index >= 15 is 0 Å². The lowest BCUT2D eigenvalue weighted by atomic mass is 9.97. The second kappa shape index (κ2) is 12.2. The monoisotopic (exact) mass is 471 g/mol. The minimum atomic E-state index is -0.921. The molecule has 1 aliphatic rings. The number of amides is 3. The number of carbonyl (C=O) groups is 3. The smallest absolute Gasteiger partial charge is 0.249 e. The average molecular weight is 472 g/mol. The summed E-state index contributed by atoms with van der Waals surface area (Å²) in [6, 6.07) is 13.4. The number of halogens is 1. The largest absolute Gasteiger partial charge is 0.375 e. The van der Waals surface area contributed by atoms with E-state index in [9.17, 15) is 18.8 Å². The van der Waals surface area contributed by atoms with Crippen LogP contribution >= 0.6 is 0 Å². The lowest BCUT2D eigenvalue weighted by Crippen LogP contribution is -2.58. The zero-order chi connectivity index (χ0) is 24.5. The number of nitrogens with zero attached hydrogens (tertiary/aromatic N) is 1. The van der Waals surface area contributed by atoms with E-state index in [1.807, 2.05) is 30.3 Å². The molecular weight excluding hydrogens is 441 g/mol. The summed E-state index contributed by atoms with van der Waals surface area (Å²) in [6.45, 7) is 0.394. The highest BCUT2D eigenvalue weighted by molar-refractivity contribution is 5.92. The fraction of sp³-hybridized carbons (Fsp3) is 0.400. The van der Waals surface area contributed by atoms with Gasteiger partial charge in [-0.2, -0.15) is 0 Å². The molecule has 0 saturated carbocycles. The van der Waals surface area contributed by atoms with Crippen molar-refractivity contribution in [2.24, 2.45) is 5.73 Å². The maximum absolute atomic E-state index is 13.2. The molecule has 9 heteroatoms. The van der Waals surface area contributed by atoms with Crippen molar-refractivity contribution in [1.29, 1.82) is 0 Å². The zero-order valence-corrected chi connectivity index (χ0v) is 19.1. The van der Waals surface area contributed by atoms with E-state index in [2.05, 4.69) is 5.32 Å². The van der Waals surface area contributed by atoms with E-state index in [0.717, 1.165) is 11.1 Å². The molecule has 182 valence electrons. The summed E-state index contributed by atoms with van der Waals surface area (Å²) in [5, 5.41) is 2.72. The summed E-state index contributed by atoms with van der Waals surface area (Å²) >= 11 is 0. The van der Waals surface area contributed by atoms with Crippen LogP contribution in [0.4, 0.5) is 4.39 Å². The number of benzene rings is 2. The Morgan fingerprint density at radius 2 is 1.82 bits per heavy atom. The molecule has 1 heterocycles. The van der Waals surface area contributed by atoms with Gasteiger partial charge in [0, 0.05) is 26.5 Å². The van der Waals surface area contributed by atoms with Gasteiger partial charge in [-0.1, -0.05) is 42.5 Å². The molecule has 0 unspecified atom stereocenters. The minimum Gasteiger partial charge on any atom is -0.375 e. The molecule has 3 atom stereocenters. The second-order valence-electron chi connectivity index (χ2n) is 8.27. The Kier molecular flexibility index (Phi) is 9.12. The summed E-state index contributed by atoms with van der Waals surface area (Å²) in [5.74, 6) is -1.78. The Hall–Kier alpha value is -3.30. The molecule has 1 saturated heterocycles. The second-order valence-corrected chi connectivity index (χ2v) is 8.27. The van der Waals surface area contributed by atoms with Crippen molar-refractivity contribution in [3.05, 3.63) is 71.5 Å². The fourth-order valence-corrected chi connectivity index (χ4v) is 3.97. The first-order valence-corrected chi connectivity index (χ1v) is 11.2. The third-order valence-corrected chi connectivity index (χ3v) is 5.79. The predicted molar refractivity (Wildman–Crippen MR) is 123 cm³/mol. The van der Waals surface area contributed by atoms with Crippen molar-refractivity contribution in [2.75, 3.05) is 20.3 Å². The molecule has 2 aromatic carbocycles. The Labute approximate surface area is 198 Å². The number of methoxy groups -OCH3 is 1. The number of hydrogen-bond acceptors (Lipinski definition) is 5. The minimum absolute atomic E-state index is 0.159. The molecule has 3 N–H and O–H groups in total. The van der Waals surface area contributed by atoms with Crippen molar-refractivity contribution in [1.82, 2.24) is 10.2 Å². The van der Waals surface area contributed by atoms with Crippen LogP contribution in [-0.4, -0.2) is 61.1 Å². The van der Waals surface area contributed by atoms with Crippen LogP contribution in [0.25, 0.3) is 0 Å². The van der Waals surface area contributed by atoms with Crippen LogP contribution in [0, 0.1) is 5.82 Å². The van der Waals surface area contributed by atoms with Crippen LogP contribution in [0.2, 0.25) is 0 Å². The van der Waals surface area contributed by atoms with Gasteiger partial charge < -0.3 is 25.4 Å². The van der Waals surface area contributed by atoms with Crippen molar-refractivity contribution in [3.8, 4) is 0 Å². The maximum atomic E-state index is 13.2. The van der Waals surface area contributed by atoms with Gasteiger partial charge in [0.1, 0.15) is 24.5 Å². The molecule has 2 aromatic rings. The number of piperidine rings is 1. The van der Waals surface area contributed by atoms with Gasteiger partial charge in [-0.25, -0.2) is 4.39 Å². The Balaban J connectivity index is 1.69. The van der Waals surface area contributed by atoms with Gasteiger partial charge in [-0.15, -0.1) is 0 Å². The average Bonchev–Trinajstić information content (AvgIpc) is 2.83. The Morgan fingerprint density at radius 3 is 2.47 bits per heavy atom. The summed E-state index contributed by atoms with van der Waals surface area (Å²) in [4.78, 5) is 39.3. The summed E-state index contributed by atoms with van der Waals surface area (Å²) < 4.78 is 24.1. The first-order chi connectivity index (χ1) is 16.4. The molecule has 34 heavy (non-hydrogen) atoms. The molecule has 3 rings (SSSR count). The number of rotatable bonds is 10. The standard InChI is InChI=1S/C25H30FN3O5/c1-33-16-23(30)29-12-11-20(34-15-18-7-9-19(26)10-8-18)14-22(29)25(32)28-21(24(27)31)13-17-5-3-2-4-6-17/h2-10,20-22H,11-16H2,1H3,(H2,27,31)(H,28,32)/t20-,21-,22+/m1/s1. The fourth-order valence-electron chi connectivity index (χ4n) is 3.97. The van der Waals surface area contributed by atoms with Crippen molar-refractivity contribution in [2.45, 2.75) is 44.1 Å². The highest BCUT2D eigenvalue weighted by atomic mass is 19.1. The Bertz CT molecular complexity index is 970. The number of nitrogens with two attached hydrogens (primary N) is 1. The number of hydrogen-bond donors (Lipinski definition) is 2. The molecule has 0 bridgehead atoms. The lowest BCUT2D eigenvalue weighted by Gasteiger charge is -2.38. The molecular formula is C25H30FN3O5. The molecule has 0 spiro atoms. The predicted octanol–water partition coefficient (Wildman–Crippen LogP) is 1.56. The van der Waals surface area contributed by atoms with E-state index in [1.54, 1.807) is 12.1 Å². The van der Waals surface area contributed by atoms with Crippen LogP contribution in [0.5, 0.6) is 0 Å². The molecule has 0 radical (unpaired) electrons. The van der Waals surface area contributed by atoms with Crippen molar-refractivity contribution < 1.29 is 28.2 Å². The number of likely N-dealkylation sites (tertiary alicyclic amines) is 1. The van der Waals surface area contributed by atoms with Crippen LogP contribution in [0.3, 0.4) is 0 Å². The first kappa shape index (κ1) is 25.3. The van der Waals surface area contributed by atoms with E-state index in [1.165, 1.54) is 24.1 Å². The topological polar surface area (TPSA) is 111 Å². The molecule has 3 amide bonds. The van der Waals surface area contributed by atoms with Crippen LogP contribution in [0.15, 0.2) is 54.6 Å². The summed E-state index contributed by atoms with van der Waals surface area (Å²) in [5.41, 5.74) is 7.20. The SMILES string of the molecule is COCC(=O)N1CC[C@@H](OCc2ccc(F)cc2)C[C@H]1C(=O)N[C@H](Cc1ccccc1)C(N)=O. The van der Waals surface area contributed by atoms with Crippen LogP contribution < -0.4 is 11.1 Å². The number of primary amides is 1. The van der Waals surface area contributed by atoms with Gasteiger partial charge in [0.25, 0.3) is 0 Å². The molecule has 8 nitrogen and oxygen atoms in total. The quantitative estimate of drug-likeness (QED) is 0.546. The van der Waals surface area contributed by atoms with Crippen molar-refractivity contribution in [3.63, 3.8) is 0 Å². The van der Waals surface area contributed by atoms with Gasteiger partial charge in [-0.3, -0.25) is 14.4 Å². The maximum Gasteiger partial charge on any atom is 0.249 e. The lowest BCUT2D eigenvalue weighted by molar-refractivity contribution is -0.149. The molecule has 0 aromatic heterocycles. The number of nitrogens with one attached hydrogen (secondary N) is 1. The van der Waals surface area contributed by atoms with Gasteiger partial charge in [0.15, 0.2) is 0 Å². The van der Waals surface area contributed by atoms with E-state index in [4.69, 9.17) is 15.2 Å². The van der Waals surface area contributed by atoms with Gasteiger partial charge in [0.2, 0.25) is 17.7 Å². The summed E-state index contributed by atoms with van der Waals surface area (Å²) in [6.07, 6.45) is 0.724. The van der Waals surface area contributed by atoms with Crippen LogP contribution in [-0.2, 0) is 36.9 Å². The van der Waals surface area contributed by atoms with Gasteiger partial charge in [0.05, 0.1) is 12.7 Å². The van der Waals surface area contributed by atoms with Crippen LogP contribution in [0.1, 0.15) is 24.0 Å². The van der Waals surface area contributed by atoms with Crippen molar-refractivity contribution >= 4 is 17.7 Å².